The van der Waals surface area contributed by atoms with Crippen molar-refractivity contribution in [2.24, 2.45) is 0 Å². The molecule has 0 aromatic carbocycles. The summed E-state index contributed by atoms with van der Waals surface area (Å²) in [5, 5.41) is 0. The van der Waals surface area contributed by atoms with Crippen LogP contribution < -0.4 is 0 Å². The smallest absolute Gasteiger partial charge is 0.168 e. The van der Waals surface area contributed by atoms with Crippen molar-refractivity contribution in [3.05, 3.63) is 13.3 Å². The molecule has 0 unspecified atom stereocenters. The van der Waals surface area contributed by atoms with E-state index >= 15 is 0 Å². The molecule has 0 aliphatic heterocycles. The quantitative estimate of drug-likeness (QED) is 0.475. The molecule has 0 saturated heterocycles. The number of carbonyl (C=O) groups excluding carboxylic acids is 1. The van der Waals surface area contributed by atoms with Crippen molar-refractivity contribution in [1.82, 2.24) is 0 Å². The van der Waals surface area contributed by atoms with Crippen LogP contribution in [0.2, 0.25) is 0 Å². The average molecular weight is 205 g/mol. The van der Waals surface area contributed by atoms with Crippen molar-refractivity contribution in [3.63, 3.8) is 0 Å². The predicted molar refractivity (Wildman–Crippen MR) is 33.0 cm³/mol. The molecule has 1 radical (unpaired) electrons. The van der Waals surface area contributed by atoms with Gasteiger partial charge in [-0.2, -0.15) is 13.8 Å². The van der Waals surface area contributed by atoms with E-state index in [0.717, 1.165) is 0 Å². The molecule has 0 bridgehead atoms. The number of esters is 1. The molecule has 0 fully saturated rings. The second-order valence-corrected chi connectivity index (χ2v) is 1.49. The molecule has 0 heterocycles. The van der Waals surface area contributed by atoms with E-state index < -0.39 is 0 Å². The number of hydrogen-bond acceptors (Lipinski definition) is 2. The van der Waals surface area contributed by atoms with Gasteiger partial charge in [0, 0.05) is 32.7 Å². The summed E-state index contributed by atoms with van der Waals surface area (Å²) in [5.74, 6) is 0.447. The molecule has 0 atom stereocenters. The topological polar surface area (TPSA) is 26.3 Å². The van der Waals surface area contributed by atoms with Crippen LogP contribution in [0.5, 0.6) is 0 Å². The third-order valence-electron chi connectivity index (χ3n) is 0.594. The van der Waals surface area contributed by atoms with Crippen molar-refractivity contribution in [3.8, 4) is 0 Å². The van der Waals surface area contributed by atoms with Gasteiger partial charge in [0.05, 0.1) is 7.11 Å². The van der Waals surface area contributed by atoms with Crippen LogP contribution in [-0.2, 0) is 42.2 Å². The Bertz CT molecular complexity index is 71.5. The Labute approximate surface area is 82.2 Å². The van der Waals surface area contributed by atoms with Gasteiger partial charge in [0.2, 0.25) is 0 Å². The Balaban J connectivity index is -0.000000180. The second kappa shape index (κ2) is 8.44. The summed E-state index contributed by atoms with van der Waals surface area (Å²) in [6.45, 7) is 3.43. The van der Waals surface area contributed by atoms with Crippen LogP contribution in [0.15, 0.2) is 0 Å². The maximum atomic E-state index is 10.3. The molecule has 0 N–H and O–H groups in total. The Morgan fingerprint density at radius 1 is 1.44 bits per heavy atom. The molecule has 0 aromatic heterocycles. The molecule has 0 rings (SSSR count). The van der Waals surface area contributed by atoms with Crippen LogP contribution in [0.4, 0.5) is 0 Å². The monoisotopic (exact) mass is 205 g/mol. The number of ether oxygens (including phenoxy) is 1. The zero-order valence-electron chi connectivity index (χ0n) is 6.39. The van der Waals surface area contributed by atoms with E-state index in [1.54, 1.807) is 13.8 Å². The number of methoxy groups -OCH3 is 1. The largest absolute Gasteiger partial charge is 0.491 e. The first kappa shape index (κ1) is 16.2. The molecule has 0 aliphatic carbocycles. The average Bonchev–Trinajstić information content (AvgIpc) is 1.65. The van der Waals surface area contributed by atoms with Gasteiger partial charge in [0.25, 0.3) is 0 Å². The standard InChI is InChI=1S/C5H9O2.CH3.Y/c1-4(2)5(6)7-3;;/h1-3H3;1H3;/q2*-1;. The molecule has 3 heteroatoms. The van der Waals surface area contributed by atoms with Crippen molar-refractivity contribution in [2.45, 2.75) is 13.8 Å². The zero-order valence-corrected chi connectivity index (χ0v) is 9.23. The van der Waals surface area contributed by atoms with E-state index in [2.05, 4.69) is 4.74 Å². The van der Waals surface area contributed by atoms with Crippen LogP contribution in [0.1, 0.15) is 13.8 Å². The van der Waals surface area contributed by atoms with Gasteiger partial charge in [-0.3, -0.25) is 10.7 Å². The molecule has 53 valence electrons. The van der Waals surface area contributed by atoms with E-state index in [1.807, 2.05) is 0 Å². The minimum atomic E-state index is -0.236. The first-order valence-electron chi connectivity index (χ1n) is 2.07. The summed E-state index contributed by atoms with van der Waals surface area (Å²) in [4.78, 5) is 10.3. The zero-order chi connectivity index (χ0) is 5.86. The summed E-state index contributed by atoms with van der Waals surface area (Å²) in [7, 11) is 1.37. The van der Waals surface area contributed by atoms with Crippen LogP contribution in [0.25, 0.3) is 0 Å². The van der Waals surface area contributed by atoms with Crippen LogP contribution in [0.3, 0.4) is 0 Å². The molecular weight excluding hydrogens is 193 g/mol. The summed E-state index contributed by atoms with van der Waals surface area (Å²) < 4.78 is 4.34. The minimum absolute atomic E-state index is 0. The van der Waals surface area contributed by atoms with Gasteiger partial charge in [-0.05, 0) is 0 Å². The normalized spacial score (nSPS) is 6.11. The van der Waals surface area contributed by atoms with Crippen LogP contribution >= 0.6 is 0 Å². The van der Waals surface area contributed by atoms with Crippen molar-refractivity contribution < 1.29 is 42.2 Å². The molecule has 0 amide bonds. The maximum absolute atomic E-state index is 10.3. The first-order valence-corrected chi connectivity index (χ1v) is 2.07. The van der Waals surface area contributed by atoms with E-state index in [9.17, 15) is 4.79 Å². The number of rotatable bonds is 1. The number of hydrogen-bond donors (Lipinski definition) is 0. The van der Waals surface area contributed by atoms with Gasteiger partial charge in [0.15, 0.2) is 5.97 Å². The Morgan fingerprint density at radius 3 is 1.78 bits per heavy atom. The predicted octanol–water partition coefficient (Wildman–Crippen LogP) is 1.22. The molecule has 0 aliphatic rings. The molecule has 0 aromatic rings. The maximum Gasteiger partial charge on any atom is 0.168 e. The molecule has 9 heavy (non-hydrogen) atoms. The molecule has 0 saturated carbocycles. The van der Waals surface area contributed by atoms with E-state index in [4.69, 9.17) is 0 Å². The van der Waals surface area contributed by atoms with E-state index in [0.29, 0.717) is 5.92 Å². The van der Waals surface area contributed by atoms with Crippen molar-refractivity contribution in [1.29, 1.82) is 0 Å². The van der Waals surface area contributed by atoms with Crippen LogP contribution in [-0.4, -0.2) is 13.1 Å². The van der Waals surface area contributed by atoms with Gasteiger partial charge in [-0.25, -0.2) is 0 Å². The van der Waals surface area contributed by atoms with E-state index in [1.165, 1.54) is 7.11 Å². The SMILES string of the molecule is COC(=O)[C-](C)C.[CH3-].[Y]. The summed E-state index contributed by atoms with van der Waals surface area (Å²) >= 11 is 0. The third-order valence-corrected chi connectivity index (χ3v) is 0.594. The first-order chi connectivity index (χ1) is 3.18. The van der Waals surface area contributed by atoms with Gasteiger partial charge < -0.3 is 12.2 Å². The summed E-state index contributed by atoms with van der Waals surface area (Å²) in [6, 6.07) is 0. The Morgan fingerprint density at radius 2 is 1.78 bits per heavy atom. The second-order valence-electron chi connectivity index (χ2n) is 1.49. The minimum Gasteiger partial charge on any atom is -0.491 e. The fourth-order valence-electron chi connectivity index (χ4n) is 0.204. The summed E-state index contributed by atoms with van der Waals surface area (Å²) in [5.41, 5.74) is 0. The molecular formula is C6H12O2Y-2. The number of carbonyl (C=O) groups is 1. The van der Waals surface area contributed by atoms with E-state index in [-0.39, 0.29) is 46.1 Å². The van der Waals surface area contributed by atoms with Crippen LogP contribution in [0, 0.1) is 13.3 Å². The van der Waals surface area contributed by atoms with Gasteiger partial charge in [-0.1, -0.05) is 0 Å². The summed E-state index contributed by atoms with van der Waals surface area (Å²) in [6.07, 6.45) is 0. The van der Waals surface area contributed by atoms with Gasteiger partial charge in [-0.15, -0.1) is 0 Å². The fourth-order valence-corrected chi connectivity index (χ4v) is 0.204. The Kier molecular flexibility index (Phi) is 15.2. The molecule has 0 spiro atoms. The Hall–Kier alpha value is 0.444. The third kappa shape index (κ3) is 8.44. The van der Waals surface area contributed by atoms with Gasteiger partial charge in [0.1, 0.15) is 0 Å². The fraction of sp³-hybridized carbons (Fsp3) is 0.500. The van der Waals surface area contributed by atoms with Crippen molar-refractivity contribution >= 4 is 5.97 Å². The molecule has 2 nitrogen and oxygen atoms in total. The van der Waals surface area contributed by atoms with Crippen molar-refractivity contribution in [2.75, 3.05) is 7.11 Å². The van der Waals surface area contributed by atoms with Gasteiger partial charge >= 0.3 is 0 Å².